The lowest BCUT2D eigenvalue weighted by Crippen LogP contribution is -2.35. The van der Waals surface area contributed by atoms with E-state index in [1.54, 1.807) is 29.3 Å². The van der Waals surface area contributed by atoms with Crippen LogP contribution in [0.4, 0.5) is 0 Å². The molecule has 0 aliphatic heterocycles. The Bertz CT molecular complexity index is 566. The molecule has 1 unspecified atom stereocenters. The van der Waals surface area contributed by atoms with Crippen molar-refractivity contribution < 1.29 is 4.79 Å². The average molecular weight is 343 g/mol. The van der Waals surface area contributed by atoms with Crippen molar-refractivity contribution in [1.29, 1.82) is 0 Å². The number of aryl methyl sites for hydroxylation is 1. The van der Waals surface area contributed by atoms with E-state index in [1.165, 1.54) is 0 Å². The summed E-state index contributed by atoms with van der Waals surface area (Å²) in [4.78, 5) is 13.3. The quantitative estimate of drug-likeness (QED) is 0.871. The predicted molar refractivity (Wildman–Crippen MR) is 78.9 cm³/mol. The summed E-state index contributed by atoms with van der Waals surface area (Å²) in [6, 6.07) is 1.59. The molecule has 0 bridgehead atoms. The maximum atomic E-state index is 12.2. The molecule has 2 N–H and O–H groups in total. The minimum absolute atomic E-state index is 0.0594. The first kappa shape index (κ1) is 14.2. The molecule has 0 aliphatic rings. The van der Waals surface area contributed by atoms with Crippen molar-refractivity contribution in [3.05, 3.63) is 38.8 Å². The van der Waals surface area contributed by atoms with Crippen molar-refractivity contribution >= 4 is 33.2 Å². The maximum Gasteiger partial charge on any atom is 0.242 e. The molecular weight excluding hydrogens is 328 g/mol. The highest BCUT2D eigenvalue weighted by molar-refractivity contribution is 9.10. The molecule has 1 atom stereocenters. The molecule has 0 saturated carbocycles. The van der Waals surface area contributed by atoms with Gasteiger partial charge in [-0.3, -0.25) is 9.48 Å². The number of thiophene rings is 1. The lowest BCUT2D eigenvalue weighted by molar-refractivity contribution is -0.123. The summed E-state index contributed by atoms with van der Waals surface area (Å²) >= 11 is 5.06. The third kappa shape index (κ3) is 3.43. The van der Waals surface area contributed by atoms with E-state index in [1.807, 2.05) is 24.7 Å². The van der Waals surface area contributed by atoms with Gasteiger partial charge in [0.1, 0.15) is 6.04 Å². The van der Waals surface area contributed by atoms with Crippen LogP contribution >= 0.6 is 27.3 Å². The van der Waals surface area contributed by atoms with Crippen molar-refractivity contribution in [2.24, 2.45) is 7.05 Å². The average Bonchev–Trinajstić information content (AvgIpc) is 2.97. The van der Waals surface area contributed by atoms with Gasteiger partial charge in [0, 0.05) is 28.2 Å². The highest BCUT2D eigenvalue weighted by Gasteiger charge is 2.20. The van der Waals surface area contributed by atoms with Crippen molar-refractivity contribution in [3.63, 3.8) is 0 Å². The molecule has 2 aromatic rings. The lowest BCUT2D eigenvalue weighted by Gasteiger charge is -2.14. The Labute approximate surface area is 124 Å². The molecule has 0 aliphatic carbocycles. The van der Waals surface area contributed by atoms with Gasteiger partial charge < -0.3 is 10.6 Å². The third-order valence-electron chi connectivity index (χ3n) is 2.72. The summed E-state index contributed by atoms with van der Waals surface area (Å²) in [5.74, 6) is -0.0594. The zero-order chi connectivity index (χ0) is 13.8. The van der Waals surface area contributed by atoms with E-state index in [9.17, 15) is 4.79 Å². The van der Waals surface area contributed by atoms with Crippen LogP contribution in [0.5, 0.6) is 0 Å². The van der Waals surface area contributed by atoms with Crippen LogP contribution < -0.4 is 10.6 Å². The first-order chi connectivity index (χ1) is 9.11. The van der Waals surface area contributed by atoms with E-state index >= 15 is 0 Å². The lowest BCUT2D eigenvalue weighted by atomic mass is 10.1. The van der Waals surface area contributed by atoms with Crippen LogP contribution in [0.1, 0.15) is 16.5 Å². The Morgan fingerprint density at radius 2 is 2.42 bits per heavy atom. The van der Waals surface area contributed by atoms with Gasteiger partial charge in [0.25, 0.3) is 0 Å². The zero-order valence-corrected chi connectivity index (χ0v) is 13.1. The van der Waals surface area contributed by atoms with Crippen molar-refractivity contribution in [2.75, 3.05) is 7.05 Å². The van der Waals surface area contributed by atoms with Crippen molar-refractivity contribution in [2.45, 2.75) is 12.6 Å². The molecule has 0 radical (unpaired) electrons. The fourth-order valence-corrected chi connectivity index (χ4v) is 3.19. The van der Waals surface area contributed by atoms with Gasteiger partial charge >= 0.3 is 0 Å². The summed E-state index contributed by atoms with van der Waals surface area (Å²) in [5, 5.41) is 12.0. The SMILES string of the molecule is CNC(C(=O)NCc1sccc1Br)c1cnn(C)c1. The monoisotopic (exact) mass is 342 g/mol. The normalized spacial score (nSPS) is 12.4. The van der Waals surface area contributed by atoms with Gasteiger partial charge in [0.05, 0.1) is 12.7 Å². The minimum atomic E-state index is -0.382. The van der Waals surface area contributed by atoms with E-state index < -0.39 is 0 Å². The van der Waals surface area contributed by atoms with Gasteiger partial charge in [-0.1, -0.05) is 0 Å². The van der Waals surface area contributed by atoms with Crippen molar-refractivity contribution in [1.82, 2.24) is 20.4 Å². The van der Waals surface area contributed by atoms with E-state index in [4.69, 9.17) is 0 Å². The van der Waals surface area contributed by atoms with Crippen LogP contribution in [0.2, 0.25) is 0 Å². The van der Waals surface area contributed by atoms with E-state index in [-0.39, 0.29) is 11.9 Å². The van der Waals surface area contributed by atoms with Crippen LogP contribution in [-0.4, -0.2) is 22.7 Å². The highest BCUT2D eigenvalue weighted by Crippen LogP contribution is 2.22. The standard InChI is InChI=1S/C12H15BrN4OS/c1-14-11(8-5-16-17(2)7-8)12(18)15-6-10-9(13)3-4-19-10/h3-5,7,11,14H,6H2,1-2H3,(H,15,18). The smallest absolute Gasteiger partial charge is 0.242 e. The van der Waals surface area contributed by atoms with Gasteiger partial charge in [0.15, 0.2) is 0 Å². The second-order valence-corrected chi connectivity index (χ2v) is 5.93. The van der Waals surface area contributed by atoms with E-state index in [0.717, 1.165) is 14.9 Å². The molecule has 0 fully saturated rings. The topological polar surface area (TPSA) is 59.0 Å². The first-order valence-electron chi connectivity index (χ1n) is 5.77. The van der Waals surface area contributed by atoms with E-state index in [0.29, 0.717) is 6.54 Å². The van der Waals surface area contributed by atoms with Crippen molar-refractivity contribution in [3.8, 4) is 0 Å². The van der Waals surface area contributed by atoms with Gasteiger partial charge in [-0.25, -0.2) is 0 Å². The number of likely N-dealkylation sites (N-methyl/N-ethyl adjacent to an activating group) is 1. The molecule has 102 valence electrons. The Morgan fingerprint density at radius 1 is 1.63 bits per heavy atom. The molecular formula is C12H15BrN4OS. The number of rotatable bonds is 5. The zero-order valence-electron chi connectivity index (χ0n) is 10.7. The number of carbonyl (C=O) groups excluding carboxylic acids is 1. The van der Waals surface area contributed by atoms with Gasteiger partial charge in [-0.2, -0.15) is 5.10 Å². The Balaban J connectivity index is 2.00. The fourth-order valence-electron chi connectivity index (χ4n) is 1.76. The van der Waals surface area contributed by atoms with Crippen LogP contribution in [0.15, 0.2) is 28.3 Å². The second kappa shape index (κ2) is 6.31. The molecule has 7 heteroatoms. The predicted octanol–water partition coefficient (Wildman–Crippen LogP) is 1.82. The molecule has 0 spiro atoms. The summed E-state index contributed by atoms with van der Waals surface area (Å²) in [6.45, 7) is 0.523. The first-order valence-corrected chi connectivity index (χ1v) is 7.44. The number of nitrogens with zero attached hydrogens (tertiary/aromatic N) is 2. The number of aromatic nitrogens is 2. The Kier molecular flexibility index (Phi) is 4.73. The molecule has 19 heavy (non-hydrogen) atoms. The van der Waals surface area contributed by atoms with Crippen LogP contribution in [-0.2, 0) is 18.4 Å². The Hall–Kier alpha value is -1.18. The van der Waals surface area contributed by atoms with Gasteiger partial charge in [-0.15, -0.1) is 11.3 Å². The second-order valence-electron chi connectivity index (χ2n) is 4.08. The summed E-state index contributed by atoms with van der Waals surface area (Å²) in [7, 11) is 3.59. The number of hydrogen-bond acceptors (Lipinski definition) is 4. The molecule has 2 heterocycles. The third-order valence-corrected chi connectivity index (χ3v) is 4.65. The number of carbonyl (C=O) groups is 1. The summed E-state index contributed by atoms with van der Waals surface area (Å²) in [6.07, 6.45) is 3.53. The molecule has 0 saturated heterocycles. The highest BCUT2D eigenvalue weighted by atomic mass is 79.9. The van der Waals surface area contributed by atoms with Crippen LogP contribution in [0.25, 0.3) is 0 Å². The molecule has 1 amide bonds. The van der Waals surface area contributed by atoms with Crippen LogP contribution in [0.3, 0.4) is 0 Å². The number of amides is 1. The number of halogens is 1. The minimum Gasteiger partial charge on any atom is -0.350 e. The van der Waals surface area contributed by atoms with E-state index in [2.05, 4.69) is 31.7 Å². The number of nitrogens with one attached hydrogen (secondary N) is 2. The molecule has 0 aromatic carbocycles. The summed E-state index contributed by atoms with van der Waals surface area (Å²) < 4.78 is 2.71. The van der Waals surface area contributed by atoms with Gasteiger partial charge in [0.2, 0.25) is 5.91 Å². The van der Waals surface area contributed by atoms with Gasteiger partial charge in [-0.05, 0) is 34.4 Å². The fraction of sp³-hybridized carbons (Fsp3) is 0.333. The molecule has 5 nitrogen and oxygen atoms in total. The number of hydrogen-bond donors (Lipinski definition) is 2. The van der Waals surface area contributed by atoms with Crippen LogP contribution in [0, 0.1) is 0 Å². The summed E-state index contributed by atoms with van der Waals surface area (Å²) in [5.41, 5.74) is 0.854. The maximum absolute atomic E-state index is 12.2. The Morgan fingerprint density at radius 3 is 2.95 bits per heavy atom. The molecule has 2 rings (SSSR count). The molecule has 2 aromatic heterocycles. The largest absolute Gasteiger partial charge is 0.350 e.